The van der Waals surface area contributed by atoms with Gasteiger partial charge >= 0.3 is 0 Å². The van der Waals surface area contributed by atoms with Crippen molar-refractivity contribution in [3.05, 3.63) is 40.7 Å². The number of hydrogen-bond acceptors (Lipinski definition) is 3. The number of pyridine rings is 1. The Kier molecular flexibility index (Phi) is 2.50. The monoisotopic (exact) mass is 231 g/mol. The molecule has 0 saturated heterocycles. The first kappa shape index (κ1) is 10.00. The van der Waals surface area contributed by atoms with Crippen LogP contribution >= 0.6 is 11.3 Å². The van der Waals surface area contributed by atoms with Crippen LogP contribution in [0.1, 0.15) is 24.5 Å². The maximum atomic E-state index is 9.94. The van der Waals surface area contributed by atoms with Crippen molar-refractivity contribution in [1.82, 2.24) is 4.98 Å². The maximum Gasteiger partial charge on any atom is 0.0833 e. The van der Waals surface area contributed by atoms with E-state index >= 15 is 0 Å². The second-order valence-electron chi connectivity index (χ2n) is 4.27. The Hall–Kier alpha value is -1.19. The van der Waals surface area contributed by atoms with Crippen molar-refractivity contribution < 1.29 is 5.11 Å². The minimum absolute atomic E-state index is 0.316. The highest BCUT2D eigenvalue weighted by molar-refractivity contribution is 7.08. The molecule has 0 bridgehead atoms. The summed E-state index contributed by atoms with van der Waals surface area (Å²) in [5.74, 6) is 0.466. The summed E-state index contributed by atoms with van der Waals surface area (Å²) in [6, 6.07) is 6.04. The highest BCUT2D eigenvalue weighted by atomic mass is 32.1. The fourth-order valence-corrected chi connectivity index (χ4v) is 2.50. The smallest absolute Gasteiger partial charge is 0.0833 e. The first-order valence-electron chi connectivity index (χ1n) is 5.51. The summed E-state index contributed by atoms with van der Waals surface area (Å²) < 4.78 is 0. The average molecular weight is 231 g/mol. The summed E-state index contributed by atoms with van der Waals surface area (Å²) in [7, 11) is 0. The van der Waals surface area contributed by atoms with Gasteiger partial charge in [0.05, 0.1) is 11.8 Å². The van der Waals surface area contributed by atoms with Gasteiger partial charge in [-0.2, -0.15) is 11.3 Å². The van der Waals surface area contributed by atoms with Crippen LogP contribution in [0.4, 0.5) is 0 Å². The van der Waals surface area contributed by atoms with E-state index in [0.29, 0.717) is 5.92 Å². The van der Waals surface area contributed by atoms with Crippen LogP contribution in [0.15, 0.2) is 35.2 Å². The van der Waals surface area contributed by atoms with E-state index in [2.05, 4.69) is 16.4 Å². The molecule has 1 atom stereocenters. The maximum absolute atomic E-state index is 9.94. The number of thiophene rings is 1. The minimum atomic E-state index is -0.316. The summed E-state index contributed by atoms with van der Waals surface area (Å²) in [6.45, 7) is 0. The van der Waals surface area contributed by atoms with Gasteiger partial charge in [0.1, 0.15) is 0 Å². The van der Waals surface area contributed by atoms with Gasteiger partial charge in [-0.05, 0) is 41.8 Å². The Labute approximate surface area is 98.6 Å². The van der Waals surface area contributed by atoms with E-state index in [0.717, 1.165) is 29.7 Å². The van der Waals surface area contributed by atoms with Gasteiger partial charge in [0.2, 0.25) is 0 Å². The second kappa shape index (κ2) is 4.00. The number of aromatic nitrogens is 1. The van der Waals surface area contributed by atoms with Crippen molar-refractivity contribution in [2.24, 2.45) is 5.92 Å². The first-order chi connectivity index (χ1) is 7.84. The lowest BCUT2D eigenvalue weighted by atomic mass is 10.1. The minimum Gasteiger partial charge on any atom is -0.388 e. The molecule has 0 aromatic carbocycles. The predicted octanol–water partition coefficient (Wildman–Crippen LogP) is 3.25. The topological polar surface area (TPSA) is 33.1 Å². The third-order valence-electron chi connectivity index (χ3n) is 3.01. The molecule has 3 heteroatoms. The van der Waals surface area contributed by atoms with E-state index in [-0.39, 0.29) is 6.10 Å². The van der Waals surface area contributed by atoms with Crippen LogP contribution < -0.4 is 0 Å². The van der Waals surface area contributed by atoms with Crippen molar-refractivity contribution in [2.45, 2.75) is 18.9 Å². The van der Waals surface area contributed by atoms with Crippen molar-refractivity contribution in [3.8, 4) is 11.3 Å². The molecule has 3 rings (SSSR count). The molecule has 0 aliphatic heterocycles. The van der Waals surface area contributed by atoms with Crippen LogP contribution in [0, 0.1) is 5.92 Å². The molecule has 82 valence electrons. The number of aliphatic hydroxyl groups is 1. The van der Waals surface area contributed by atoms with Gasteiger partial charge in [-0.1, -0.05) is 6.07 Å². The van der Waals surface area contributed by atoms with Crippen LogP contribution in [0.25, 0.3) is 11.3 Å². The van der Waals surface area contributed by atoms with Crippen LogP contribution in [0.5, 0.6) is 0 Å². The zero-order chi connectivity index (χ0) is 11.0. The largest absolute Gasteiger partial charge is 0.388 e. The zero-order valence-electron chi connectivity index (χ0n) is 8.84. The highest BCUT2D eigenvalue weighted by Crippen LogP contribution is 2.40. The molecule has 0 radical (unpaired) electrons. The summed E-state index contributed by atoms with van der Waals surface area (Å²) in [5.41, 5.74) is 3.08. The van der Waals surface area contributed by atoms with E-state index in [1.807, 2.05) is 17.5 Å². The Balaban J connectivity index is 1.84. The summed E-state index contributed by atoms with van der Waals surface area (Å²) in [5, 5.41) is 14.1. The van der Waals surface area contributed by atoms with E-state index in [1.54, 1.807) is 17.5 Å². The van der Waals surface area contributed by atoms with Crippen molar-refractivity contribution in [2.75, 3.05) is 0 Å². The molecule has 1 aliphatic rings. The van der Waals surface area contributed by atoms with E-state index in [9.17, 15) is 5.11 Å². The molecule has 2 aromatic rings. The Morgan fingerprint density at radius 1 is 1.31 bits per heavy atom. The molecule has 0 amide bonds. The third kappa shape index (κ3) is 1.88. The lowest BCUT2D eigenvalue weighted by Gasteiger charge is -2.09. The van der Waals surface area contributed by atoms with Gasteiger partial charge in [-0.15, -0.1) is 0 Å². The average Bonchev–Trinajstić information content (AvgIpc) is 3.04. The molecule has 1 unspecified atom stereocenters. The molecule has 2 aromatic heterocycles. The van der Waals surface area contributed by atoms with Crippen LogP contribution in [-0.2, 0) is 0 Å². The molecule has 16 heavy (non-hydrogen) atoms. The van der Waals surface area contributed by atoms with Gasteiger partial charge in [0.25, 0.3) is 0 Å². The summed E-state index contributed by atoms with van der Waals surface area (Å²) in [4.78, 5) is 4.40. The molecule has 2 heterocycles. The fourth-order valence-electron chi connectivity index (χ4n) is 1.85. The van der Waals surface area contributed by atoms with E-state index in [1.165, 1.54) is 0 Å². The van der Waals surface area contributed by atoms with Crippen LogP contribution in [-0.4, -0.2) is 10.1 Å². The van der Waals surface area contributed by atoms with E-state index in [4.69, 9.17) is 0 Å². The number of rotatable bonds is 3. The lowest BCUT2D eigenvalue weighted by molar-refractivity contribution is 0.153. The molecule has 1 N–H and O–H groups in total. The van der Waals surface area contributed by atoms with Gasteiger partial charge < -0.3 is 5.11 Å². The number of aliphatic hydroxyl groups excluding tert-OH is 1. The molecule has 1 fully saturated rings. The Morgan fingerprint density at radius 3 is 2.75 bits per heavy atom. The molecular formula is C13H13NOS. The quantitative estimate of drug-likeness (QED) is 0.879. The predicted molar refractivity (Wildman–Crippen MR) is 65.2 cm³/mol. The van der Waals surface area contributed by atoms with Crippen LogP contribution in [0.2, 0.25) is 0 Å². The number of hydrogen-bond donors (Lipinski definition) is 1. The van der Waals surface area contributed by atoms with Gasteiger partial charge in [0.15, 0.2) is 0 Å². The van der Waals surface area contributed by atoms with Crippen molar-refractivity contribution in [1.29, 1.82) is 0 Å². The Morgan fingerprint density at radius 2 is 2.19 bits per heavy atom. The van der Waals surface area contributed by atoms with Gasteiger partial charge in [0, 0.05) is 17.1 Å². The second-order valence-corrected chi connectivity index (χ2v) is 5.05. The molecule has 1 aliphatic carbocycles. The third-order valence-corrected chi connectivity index (χ3v) is 3.70. The normalized spacial score (nSPS) is 17.3. The van der Waals surface area contributed by atoms with Crippen LogP contribution in [0.3, 0.4) is 0 Å². The zero-order valence-corrected chi connectivity index (χ0v) is 9.65. The summed E-state index contributed by atoms with van der Waals surface area (Å²) in [6.07, 6.45) is 3.78. The van der Waals surface area contributed by atoms with Gasteiger partial charge in [-0.3, -0.25) is 4.98 Å². The van der Waals surface area contributed by atoms with Crippen molar-refractivity contribution >= 4 is 11.3 Å². The fraction of sp³-hybridized carbons (Fsp3) is 0.308. The summed E-state index contributed by atoms with van der Waals surface area (Å²) >= 11 is 1.67. The standard InChI is InChI=1S/C13H13NOS/c15-13(9-1-2-9)10-3-4-12(14-7-10)11-5-6-16-8-11/h3-9,13,15H,1-2H2. The SMILES string of the molecule is OC(c1ccc(-c2ccsc2)nc1)C1CC1. The molecule has 2 nitrogen and oxygen atoms in total. The van der Waals surface area contributed by atoms with Gasteiger partial charge in [-0.25, -0.2) is 0 Å². The first-order valence-corrected chi connectivity index (χ1v) is 6.45. The van der Waals surface area contributed by atoms with Crippen molar-refractivity contribution in [3.63, 3.8) is 0 Å². The molecule has 0 spiro atoms. The molecule has 1 saturated carbocycles. The highest BCUT2D eigenvalue weighted by Gasteiger charge is 2.30. The van der Waals surface area contributed by atoms with E-state index < -0.39 is 0 Å². The molecular weight excluding hydrogens is 218 g/mol. The Bertz CT molecular complexity index is 459. The lowest BCUT2D eigenvalue weighted by Crippen LogP contribution is -2.00. The number of nitrogens with zero attached hydrogens (tertiary/aromatic N) is 1.